The Kier molecular flexibility index (Phi) is 4.37. The Labute approximate surface area is 118 Å². The largest absolute Gasteiger partial charge is 0.496 e. The van der Waals surface area contributed by atoms with E-state index in [0.717, 1.165) is 22.4 Å². The highest BCUT2D eigenvalue weighted by molar-refractivity contribution is 5.42. The van der Waals surface area contributed by atoms with Crippen LogP contribution >= 0.6 is 0 Å². The van der Waals surface area contributed by atoms with Gasteiger partial charge in [0.15, 0.2) is 0 Å². The van der Waals surface area contributed by atoms with E-state index in [1.807, 2.05) is 32.0 Å². The van der Waals surface area contributed by atoms with Crippen LogP contribution in [-0.2, 0) is 0 Å². The molecular weight excluding hydrogens is 255 g/mol. The van der Waals surface area contributed by atoms with Crippen LogP contribution in [0, 0.1) is 19.7 Å². The SMILES string of the molecule is COc1cc(C(NN)c2cc(C)ccc2F)ccc1C. The van der Waals surface area contributed by atoms with Gasteiger partial charge in [-0.3, -0.25) is 5.84 Å². The maximum Gasteiger partial charge on any atom is 0.128 e. The molecule has 20 heavy (non-hydrogen) atoms. The van der Waals surface area contributed by atoms with Gasteiger partial charge in [-0.05, 0) is 37.1 Å². The summed E-state index contributed by atoms with van der Waals surface area (Å²) in [4.78, 5) is 0. The van der Waals surface area contributed by atoms with Gasteiger partial charge in [0.1, 0.15) is 11.6 Å². The van der Waals surface area contributed by atoms with Crippen molar-refractivity contribution in [3.8, 4) is 5.75 Å². The van der Waals surface area contributed by atoms with Gasteiger partial charge in [-0.25, -0.2) is 9.82 Å². The maximum atomic E-state index is 14.0. The molecule has 0 heterocycles. The number of aryl methyl sites for hydroxylation is 2. The van der Waals surface area contributed by atoms with Gasteiger partial charge in [0.05, 0.1) is 13.2 Å². The number of hydrazine groups is 1. The molecule has 0 bridgehead atoms. The molecule has 0 saturated carbocycles. The predicted molar refractivity (Wildman–Crippen MR) is 78.0 cm³/mol. The zero-order chi connectivity index (χ0) is 14.7. The van der Waals surface area contributed by atoms with Crippen molar-refractivity contribution in [3.63, 3.8) is 0 Å². The van der Waals surface area contributed by atoms with E-state index in [-0.39, 0.29) is 5.82 Å². The van der Waals surface area contributed by atoms with Crippen LogP contribution in [-0.4, -0.2) is 7.11 Å². The van der Waals surface area contributed by atoms with Crippen LogP contribution < -0.4 is 16.0 Å². The molecule has 2 aromatic rings. The number of nitrogens with one attached hydrogen (secondary N) is 1. The lowest BCUT2D eigenvalue weighted by molar-refractivity contribution is 0.410. The Balaban J connectivity index is 2.49. The first kappa shape index (κ1) is 14.5. The van der Waals surface area contributed by atoms with Crippen molar-refractivity contribution in [1.82, 2.24) is 5.43 Å². The van der Waals surface area contributed by atoms with Crippen LogP contribution in [0.4, 0.5) is 4.39 Å². The topological polar surface area (TPSA) is 47.3 Å². The predicted octanol–water partition coefficient (Wildman–Crippen LogP) is 3.00. The molecule has 1 atom stereocenters. The average Bonchev–Trinajstić information content (AvgIpc) is 2.45. The summed E-state index contributed by atoms with van der Waals surface area (Å²) in [5, 5.41) is 0. The number of methoxy groups -OCH3 is 1. The molecule has 3 nitrogen and oxygen atoms in total. The van der Waals surface area contributed by atoms with Crippen molar-refractivity contribution >= 4 is 0 Å². The van der Waals surface area contributed by atoms with E-state index in [1.54, 1.807) is 19.2 Å². The molecule has 0 aliphatic heterocycles. The van der Waals surface area contributed by atoms with E-state index < -0.39 is 6.04 Å². The smallest absolute Gasteiger partial charge is 0.128 e. The lowest BCUT2D eigenvalue weighted by Gasteiger charge is -2.19. The van der Waals surface area contributed by atoms with E-state index in [2.05, 4.69) is 5.43 Å². The second kappa shape index (κ2) is 6.03. The summed E-state index contributed by atoms with van der Waals surface area (Å²) < 4.78 is 19.3. The zero-order valence-corrected chi connectivity index (χ0v) is 11.9. The van der Waals surface area contributed by atoms with Gasteiger partial charge < -0.3 is 4.74 Å². The third-order valence-corrected chi connectivity index (χ3v) is 3.39. The lowest BCUT2D eigenvalue weighted by Crippen LogP contribution is -2.29. The van der Waals surface area contributed by atoms with Crippen molar-refractivity contribution in [2.45, 2.75) is 19.9 Å². The van der Waals surface area contributed by atoms with Crippen LogP contribution in [0.5, 0.6) is 5.75 Å². The Morgan fingerprint density at radius 3 is 2.55 bits per heavy atom. The minimum Gasteiger partial charge on any atom is -0.496 e. The van der Waals surface area contributed by atoms with Crippen LogP contribution in [0.15, 0.2) is 36.4 Å². The van der Waals surface area contributed by atoms with Gasteiger partial charge in [-0.2, -0.15) is 0 Å². The number of hydrogen-bond donors (Lipinski definition) is 2. The minimum absolute atomic E-state index is 0.280. The number of rotatable bonds is 4. The van der Waals surface area contributed by atoms with Gasteiger partial charge >= 0.3 is 0 Å². The first-order valence-corrected chi connectivity index (χ1v) is 6.43. The Morgan fingerprint density at radius 2 is 1.90 bits per heavy atom. The number of benzene rings is 2. The van der Waals surface area contributed by atoms with Crippen molar-refractivity contribution in [1.29, 1.82) is 0 Å². The monoisotopic (exact) mass is 274 g/mol. The second-order valence-electron chi connectivity index (χ2n) is 4.85. The van der Waals surface area contributed by atoms with Crippen LogP contribution in [0.1, 0.15) is 28.3 Å². The highest BCUT2D eigenvalue weighted by Crippen LogP contribution is 2.28. The molecule has 0 amide bonds. The molecule has 0 fully saturated rings. The standard InChI is InChI=1S/C16H19FN2O/c1-10-4-7-14(17)13(8-10)16(19-18)12-6-5-11(2)15(9-12)20-3/h4-9,16,19H,18H2,1-3H3. The van der Waals surface area contributed by atoms with E-state index in [9.17, 15) is 4.39 Å². The zero-order valence-electron chi connectivity index (χ0n) is 11.9. The van der Waals surface area contributed by atoms with E-state index in [1.165, 1.54) is 6.07 Å². The molecule has 4 heteroatoms. The molecule has 0 aromatic heterocycles. The molecule has 2 rings (SSSR count). The molecule has 0 radical (unpaired) electrons. The van der Waals surface area contributed by atoms with Crippen molar-refractivity contribution in [2.24, 2.45) is 5.84 Å². The third-order valence-electron chi connectivity index (χ3n) is 3.39. The summed E-state index contributed by atoms with van der Waals surface area (Å²) in [5.41, 5.74) is 6.08. The fourth-order valence-electron chi connectivity index (χ4n) is 2.27. The molecular formula is C16H19FN2O. The Hall–Kier alpha value is -1.91. The molecule has 2 aromatic carbocycles. The molecule has 1 unspecified atom stereocenters. The van der Waals surface area contributed by atoms with Crippen LogP contribution in [0.2, 0.25) is 0 Å². The van der Waals surface area contributed by atoms with Gasteiger partial charge in [-0.15, -0.1) is 0 Å². The summed E-state index contributed by atoms with van der Waals surface area (Å²) in [6.45, 7) is 3.88. The van der Waals surface area contributed by atoms with Crippen molar-refractivity contribution in [3.05, 3.63) is 64.5 Å². The number of hydrogen-bond acceptors (Lipinski definition) is 3. The molecule has 0 spiro atoms. The summed E-state index contributed by atoms with van der Waals surface area (Å²) in [6.07, 6.45) is 0. The molecule has 106 valence electrons. The minimum atomic E-state index is -0.413. The number of halogens is 1. The summed E-state index contributed by atoms with van der Waals surface area (Å²) >= 11 is 0. The second-order valence-corrected chi connectivity index (χ2v) is 4.85. The quantitative estimate of drug-likeness (QED) is 0.665. The van der Waals surface area contributed by atoms with Gasteiger partial charge in [0, 0.05) is 5.56 Å². The highest BCUT2D eigenvalue weighted by Gasteiger charge is 2.17. The molecule has 0 saturated heterocycles. The molecule has 3 N–H and O–H groups in total. The van der Waals surface area contributed by atoms with Crippen molar-refractivity contribution in [2.75, 3.05) is 7.11 Å². The van der Waals surface area contributed by atoms with E-state index in [4.69, 9.17) is 10.6 Å². The number of ether oxygens (including phenoxy) is 1. The summed E-state index contributed by atoms with van der Waals surface area (Å²) in [5.74, 6) is 6.11. The van der Waals surface area contributed by atoms with Gasteiger partial charge in [0.25, 0.3) is 0 Å². The fourth-order valence-corrected chi connectivity index (χ4v) is 2.27. The average molecular weight is 274 g/mol. The highest BCUT2D eigenvalue weighted by atomic mass is 19.1. The lowest BCUT2D eigenvalue weighted by atomic mass is 9.96. The van der Waals surface area contributed by atoms with Crippen LogP contribution in [0.25, 0.3) is 0 Å². The Morgan fingerprint density at radius 1 is 1.15 bits per heavy atom. The maximum absolute atomic E-state index is 14.0. The van der Waals surface area contributed by atoms with E-state index >= 15 is 0 Å². The van der Waals surface area contributed by atoms with Gasteiger partial charge in [0.2, 0.25) is 0 Å². The normalized spacial score (nSPS) is 12.2. The van der Waals surface area contributed by atoms with Crippen molar-refractivity contribution < 1.29 is 9.13 Å². The Bertz CT molecular complexity index is 613. The number of nitrogens with two attached hydrogens (primary N) is 1. The van der Waals surface area contributed by atoms with E-state index in [0.29, 0.717) is 5.56 Å². The van der Waals surface area contributed by atoms with Crippen LogP contribution in [0.3, 0.4) is 0 Å². The fraction of sp³-hybridized carbons (Fsp3) is 0.250. The first-order valence-electron chi connectivity index (χ1n) is 6.43. The molecule has 0 aliphatic rings. The summed E-state index contributed by atoms with van der Waals surface area (Å²) in [7, 11) is 1.62. The van der Waals surface area contributed by atoms with Gasteiger partial charge in [-0.1, -0.05) is 29.8 Å². The molecule has 0 aliphatic carbocycles. The first-order chi connectivity index (χ1) is 9.56. The third kappa shape index (κ3) is 2.81. The summed E-state index contributed by atoms with van der Waals surface area (Å²) in [6, 6.07) is 10.3.